The summed E-state index contributed by atoms with van der Waals surface area (Å²) in [5, 5.41) is 10.4. The van der Waals surface area contributed by atoms with E-state index in [-0.39, 0.29) is 11.3 Å². The minimum atomic E-state index is -5.68. The molecule has 1 aromatic carbocycles. The molecule has 0 aliphatic heterocycles. The summed E-state index contributed by atoms with van der Waals surface area (Å²) in [6.45, 7) is -2.41. The first-order valence-corrected chi connectivity index (χ1v) is 4.89. The van der Waals surface area contributed by atoms with Crippen molar-refractivity contribution in [1.29, 1.82) is 0 Å². The van der Waals surface area contributed by atoms with Gasteiger partial charge in [0.2, 0.25) is 0 Å². The largest absolute Gasteiger partial charge is 0.455 e. The molecule has 19 heavy (non-hydrogen) atoms. The maximum absolute atomic E-state index is 12.5. The molecule has 0 amide bonds. The molecule has 0 aliphatic rings. The topological polar surface area (TPSA) is 52.4 Å². The average molecular weight is 285 g/mol. The second-order valence-electron chi connectivity index (χ2n) is 3.62. The fraction of sp³-hybridized carbons (Fsp3) is 0.400. The van der Waals surface area contributed by atoms with Crippen molar-refractivity contribution in [3.8, 4) is 0 Å². The van der Waals surface area contributed by atoms with Gasteiger partial charge < -0.3 is 4.74 Å². The van der Waals surface area contributed by atoms with Crippen molar-refractivity contribution >= 4 is 5.69 Å². The first kappa shape index (κ1) is 15.3. The number of benzene rings is 1. The summed E-state index contributed by atoms with van der Waals surface area (Å²) in [6, 6.07) is 4.79. The van der Waals surface area contributed by atoms with Crippen molar-refractivity contribution in [2.45, 2.75) is 18.7 Å². The lowest BCUT2D eigenvalue weighted by Gasteiger charge is -2.19. The number of ether oxygens (including phenoxy) is 1. The third kappa shape index (κ3) is 4.12. The third-order valence-corrected chi connectivity index (χ3v) is 2.09. The Bertz CT molecular complexity index is 461. The highest BCUT2D eigenvalue weighted by Crippen LogP contribution is 2.35. The molecule has 0 bridgehead atoms. The van der Waals surface area contributed by atoms with Gasteiger partial charge in [-0.05, 0) is 5.56 Å². The fourth-order valence-corrected chi connectivity index (χ4v) is 1.14. The van der Waals surface area contributed by atoms with Crippen LogP contribution in [-0.4, -0.2) is 23.6 Å². The maximum atomic E-state index is 12.5. The first-order chi connectivity index (χ1) is 8.63. The predicted octanol–water partition coefficient (Wildman–Crippen LogP) is 3.31. The minimum Gasteiger partial charge on any atom is -0.370 e. The molecule has 0 aliphatic carbocycles. The lowest BCUT2D eigenvalue weighted by Crippen LogP contribution is -2.40. The van der Waals surface area contributed by atoms with Crippen LogP contribution in [0.3, 0.4) is 0 Å². The highest BCUT2D eigenvalue weighted by atomic mass is 19.4. The zero-order chi connectivity index (χ0) is 14.7. The second kappa shape index (κ2) is 5.47. The molecule has 0 N–H and O–H groups in total. The Morgan fingerprint density at radius 3 is 2.37 bits per heavy atom. The summed E-state index contributed by atoms with van der Waals surface area (Å²) in [4.78, 5) is 9.70. The molecule has 1 rings (SSSR count). The number of non-ortho nitro benzene ring substituents is 1. The van der Waals surface area contributed by atoms with Gasteiger partial charge in [0.25, 0.3) is 5.69 Å². The van der Waals surface area contributed by atoms with Gasteiger partial charge >= 0.3 is 12.1 Å². The molecule has 0 radical (unpaired) electrons. The Morgan fingerprint density at radius 2 is 1.84 bits per heavy atom. The molecule has 0 saturated heterocycles. The van der Waals surface area contributed by atoms with Crippen LogP contribution in [0.25, 0.3) is 0 Å². The van der Waals surface area contributed by atoms with Crippen molar-refractivity contribution < 1.29 is 31.6 Å². The second-order valence-corrected chi connectivity index (χ2v) is 3.62. The van der Waals surface area contributed by atoms with Gasteiger partial charge in [0.1, 0.15) is 6.61 Å². The molecular weight excluding hydrogens is 277 g/mol. The van der Waals surface area contributed by atoms with Gasteiger partial charge in [-0.3, -0.25) is 10.1 Å². The summed E-state index contributed by atoms with van der Waals surface area (Å²) < 4.78 is 64.6. The average Bonchev–Trinajstić information content (AvgIpc) is 2.27. The number of alkyl halides is 5. The van der Waals surface area contributed by atoms with Crippen LogP contribution < -0.4 is 0 Å². The van der Waals surface area contributed by atoms with Crippen LogP contribution in [0, 0.1) is 10.1 Å². The van der Waals surface area contributed by atoms with E-state index in [1.54, 1.807) is 0 Å². The van der Waals surface area contributed by atoms with Gasteiger partial charge in [-0.1, -0.05) is 12.1 Å². The molecule has 4 nitrogen and oxygen atoms in total. The van der Waals surface area contributed by atoms with Gasteiger partial charge in [0, 0.05) is 12.1 Å². The zero-order valence-corrected chi connectivity index (χ0v) is 9.29. The summed E-state index contributed by atoms with van der Waals surface area (Å²) >= 11 is 0. The maximum Gasteiger partial charge on any atom is 0.455 e. The van der Waals surface area contributed by atoms with Gasteiger partial charge in [0.05, 0.1) is 11.5 Å². The molecular formula is C10H8F5NO3. The van der Waals surface area contributed by atoms with Crippen LogP contribution in [0.1, 0.15) is 5.56 Å². The molecule has 0 saturated carbocycles. The normalized spacial score (nSPS) is 12.5. The van der Waals surface area contributed by atoms with E-state index in [1.807, 2.05) is 0 Å². The van der Waals surface area contributed by atoms with Crippen molar-refractivity contribution in [1.82, 2.24) is 0 Å². The van der Waals surface area contributed by atoms with Crippen LogP contribution in [0.15, 0.2) is 24.3 Å². The van der Waals surface area contributed by atoms with Gasteiger partial charge in [-0.2, -0.15) is 22.0 Å². The lowest BCUT2D eigenvalue weighted by molar-refractivity contribution is -0.385. The van der Waals surface area contributed by atoms with Gasteiger partial charge in [0.15, 0.2) is 0 Å². The van der Waals surface area contributed by atoms with Crippen molar-refractivity contribution in [3.05, 3.63) is 39.9 Å². The molecule has 1 aromatic rings. The Balaban J connectivity index is 2.59. The summed E-state index contributed by atoms with van der Waals surface area (Å²) in [6.07, 6.45) is -5.68. The van der Waals surface area contributed by atoms with E-state index in [1.165, 1.54) is 12.1 Å². The van der Waals surface area contributed by atoms with Crippen LogP contribution >= 0.6 is 0 Å². The first-order valence-electron chi connectivity index (χ1n) is 4.89. The number of hydrogen-bond donors (Lipinski definition) is 0. The molecule has 0 unspecified atom stereocenters. The SMILES string of the molecule is O=[N+]([O-])c1cccc(COCC(F)(F)C(F)(F)F)c1. The van der Waals surface area contributed by atoms with Crippen molar-refractivity contribution in [3.63, 3.8) is 0 Å². The molecule has 0 fully saturated rings. The minimum absolute atomic E-state index is 0.132. The Morgan fingerprint density at radius 1 is 1.21 bits per heavy atom. The molecule has 0 spiro atoms. The van der Waals surface area contributed by atoms with Gasteiger partial charge in [-0.25, -0.2) is 0 Å². The van der Waals surface area contributed by atoms with E-state index < -0.39 is 30.2 Å². The quantitative estimate of drug-likeness (QED) is 0.474. The summed E-state index contributed by atoms with van der Waals surface area (Å²) in [5.41, 5.74) is -0.171. The number of nitro groups is 1. The number of rotatable bonds is 5. The van der Waals surface area contributed by atoms with Crippen LogP contribution in [0.2, 0.25) is 0 Å². The Labute approximate surface area is 103 Å². The molecule has 106 valence electrons. The van der Waals surface area contributed by atoms with Crippen LogP contribution in [0.5, 0.6) is 0 Å². The van der Waals surface area contributed by atoms with Crippen LogP contribution in [0.4, 0.5) is 27.6 Å². The fourth-order valence-electron chi connectivity index (χ4n) is 1.14. The Kier molecular flexibility index (Phi) is 4.40. The molecule has 9 heteroatoms. The number of nitrogens with zero attached hydrogens (tertiary/aromatic N) is 1. The monoisotopic (exact) mass is 285 g/mol. The summed E-state index contributed by atoms with van der Waals surface area (Å²) in [5.74, 6) is -4.95. The van der Waals surface area contributed by atoms with Crippen molar-refractivity contribution in [2.75, 3.05) is 6.61 Å². The van der Waals surface area contributed by atoms with E-state index in [0.717, 1.165) is 12.1 Å². The highest BCUT2D eigenvalue weighted by molar-refractivity contribution is 5.33. The van der Waals surface area contributed by atoms with E-state index in [0.29, 0.717) is 0 Å². The van der Waals surface area contributed by atoms with E-state index in [4.69, 9.17) is 0 Å². The van der Waals surface area contributed by atoms with E-state index in [2.05, 4.69) is 4.74 Å². The number of halogens is 5. The lowest BCUT2D eigenvalue weighted by atomic mass is 10.2. The summed E-state index contributed by atoms with van der Waals surface area (Å²) in [7, 11) is 0. The molecule has 0 aromatic heterocycles. The Hall–Kier alpha value is -1.77. The van der Waals surface area contributed by atoms with E-state index in [9.17, 15) is 32.1 Å². The zero-order valence-electron chi connectivity index (χ0n) is 9.29. The molecule has 0 atom stereocenters. The number of hydrogen-bond acceptors (Lipinski definition) is 3. The standard InChI is InChI=1S/C10H8F5NO3/c11-9(12,10(13,14)15)6-19-5-7-2-1-3-8(4-7)16(17)18/h1-4H,5-6H2. The smallest absolute Gasteiger partial charge is 0.370 e. The highest BCUT2D eigenvalue weighted by Gasteiger charge is 2.57. The third-order valence-electron chi connectivity index (χ3n) is 2.09. The van der Waals surface area contributed by atoms with E-state index >= 15 is 0 Å². The van der Waals surface area contributed by atoms with Crippen molar-refractivity contribution in [2.24, 2.45) is 0 Å². The molecule has 0 heterocycles. The van der Waals surface area contributed by atoms with Gasteiger partial charge in [-0.15, -0.1) is 0 Å². The number of nitro benzene ring substituents is 1. The predicted molar refractivity (Wildman–Crippen MR) is 53.8 cm³/mol. The van der Waals surface area contributed by atoms with Crippen LogP contribution in [-0.2, 0) is 11.3 Å².